The Hall–Kier alpha value is -2.17. The SMILES string of the molecule is CC(N)(C(=O)NCc1ccc2c(c1)CNC2)c1ccccc1. The topological polar surface area (TPSA) is 67.2 Å². The molecule has 0 aliphatic carbocycles. The predicted molar refractivity (Wildman–Crippen MR) is 86.8 cm³/mol. The molecule has 0 fully saturated rings. The second-order valence-electron chi connectivity index (χ2n) is 5.96. The van der Waals surface area contributed by atoms with Crippen molar-refractivity contribution in [2.24, 2.45) is 5.73 Å². The molecule has 0 spiro atoms. The zero-order chi connectivity index (χ0) is 15.6. The third-order valence-corrected chi connectivity index (χ3v) is 4.20. The van der Waals surface area contributed by atoms with Crippen molar-refractivity contribution in [2.75, 3.05) is 0 Å². The van der Waals surface area contributed by atoms with Crippen LogP contribution in [0.5, 0.6) is 0 Å². The Morgan fingerprint density at radius 2 is 1.91 bits per heavy atom. The van der Waals surface area contributed by atoms with Gasteiger partial charge in [-0.2, -0.15) is 0 Å². The number of nitrogens with two attached hydrogens (primary N) is 1. The molecule has 1 aliphatic rings. The van der Waals surface area contributed by atoms with Crippen molar-refractivity contribution < 1.29 is 4.79 Å². The van der Waals surface area contributed by atoms with Gasteiger partial charge < -0.3 is 16.4 Å². The molecule has 4 N–H and O–H groups in total. The van der Waals surface area contributed by atoms with E-state index in [1.54, 1.807) is 6.92 Å². The largest absolute Gasteiger partial charge is 0.350 e. The molecule has 1 atom stereocenters. The van der Waals surface area contributed by atoms with Crippen LogP contribution in [-0.2, 0) is 30.0 Å². The molecule has 1 amide bonds. The minimum atomic E-state index is -1.03. The lowest BCUT2D eigenvalue weighted by Crippen LogP contribution is -2.48. The minimum absolute atomic E-state index is 0.169. The van der Waals surface area contributed by atoms with E-state index in [0.717, 1.165) is 24.2 Å². The van der Waals surface area contributed by atoms with Gasteiger partial charge >= 0.3 is 0 Å². The highest BCUT2D eigenvalue weighted by Crippen LogP contribution is 2.19. The number of hydrogen-bond acceptors (Lipinski definition) is 3. The lowest BCUT2D eigenvalue weighted by atomic mass is 9.92. The Balaban J connectivity index is 1.67. The standard InChI is InChI=1S/C18H21N3O/c1-18(19,16-5-3-2-4-6-16)17(22)21-10-13-7-8-14-11-20-12-15(14)9-13/h2-9,20H,10-12,19H2,1H3,(H,21,22). The van der Waals surface area contributed by atoms with E-state index in [4.69, 9.17) is 5.73 Å². The number of benzene rings is 2. The maximum atomic E-state index is 12.4. The fourth-order valence-corrected chi connectivity index (χ4v) is 2.74. The molecule has 4 heteroatoms. The van der Waals surface area contributed by atoms with Crippen molar-refractivity contribution in [3.63, 3.8) is 0 Å². The van der Waals surface area contributed by atoms with Crippen molar-refractivity contribution in [3.05, 3.63) is 70.8 Å². The number of amides is 1. The van der Waals surface area contributed by atoms with E-state index in [0.29, 0.717) is 6.54 Å². The van der Waals surface area contributed by atoms with Crippen molar-refractivity contribution in [3.8, 4) is 0 Å². The Bertz CT molecular complexity index is 680. The lowest BCUT2D eigenvalue weighted by molar-refractivity contribution is -0.126. The highest BCUT2D eigenvalue weighted by molar-refractivity contribution is 5.86. The van der Waals surface area contributed by atoms with Crippen molar-refractivity contribution >= 4 is 5.91 Å². The van der Waals surface area contributed by atoms with E-state index in [-0.39, 0.29) is 5.91 Å². The van der Waals surface area contributed by atoms with E-state index in [1.807, 2.05) is 30.3 Å². The molecule has 114 valence electrons. The van der Waals surface area contributed by atoms with Gasteiger partial charge in [0.1, 0.15) is 5.54 Å². The van der Waals surface area contributed by atoms with Gasteiger partial charge in [-0.1, -0.05) is 48.5 Å². The first-order chi connectivity index (χ1) is 10.6. The van der Waals surface area contributed by atoms with Crippen molar-refractivity contribution in [1.82, 2.24) is 10.6 Å². The van der Waals surface area contributed by atoms with Gasteiger partial charge in [0, 0.05) is 19.6 Å². The molecule has 4 nitrogen and oxygen atoms in total. The number of carbonyl (C=O) groups is 1. The van der Waals surface area contributed by atoms with Crippen LogP contribution in [0.2, 0.25) is 0 Å². The van der Waals surface area contributed by atoms with Crippen molar-refractivity contribution in [2.45, 2.75) is 32.1 Å². The quantitative estimate of drug-likeness (QED) is 0.805. The maximum Gasteiger partial charge on any atom is 0.244 e. The fourth-order valence-electron chi connectivity index (χ4n) is 2.74. The summed E-state index contributed by atoms with van der Waals surface area (Å²) in [4.78, 5) is 12.4. The van der Waals surface area contributed by atoms with Crippen LogP contribution in [0.1, 0.15) is 29.2 Å². The van der Waals surface area contributed by atoms with Gasteiger partial charge in [-0.3, -0.25) is 4.79 Å². The smallest absolute Gasteiger partial charge is 0.244 e. The summed E-state index contributed by atoms with van der Waals surface area (Å²) in [7, 11) is 0. The van der Waals surface area contributed by atoms with E-state index in [1.165, 1.54) is 11.1 Å². The molecular formula is C18H21N3O. The lowest BCUT2D eigenvalue weighted by Gasteiger charge is -2.24. The predicted octanol–water partition coefficient (Wildman–Crippen LogP) is 1.78. The Morgan fingerprint density at radius 3 is 2.68 bits per heavy atom. The fraction of sp³-hybridized carbons (Fsp3) is 0.278. The zero-order valence-corrected chi connectivity index (χ0v) is 12.7. The summed E-state index contributed by atoms with van der Waals surface area (Å²) in [6, 6.07) is 15.8. The van der Waals surface area contributed by atoms with E-state index in [9.17, 15) is 4.79 Å². The van der Waals surface area contributed by atoms with Gasteiger partial charge in [-0.15, -0.1) is 0 Å². The van der Waals surface area contributed by atoms with Crippen LogP contribution < -0.4 is 16.4 Å². The molecule has 0 saturated carbocycles. The Morgan fingerprint density at radius 1 is 1.18 bits per heavy atom. The number of carbonyl (C=O) groups excluding carboxylic acids is 1. The highest BCUT2D eigenvalue weighted by atomic mass is 16.2. The second kappa shape index (κ2) is 5.91. The third-order valence-electron chi connectivity index (χ3n) is 4.20. The van der Waals surface area contributed by atoms with Crippen LogP contribution in [0.25, 0.3) is 0 Å². The van der Waals surface area contributed by atoms with Gasteiger partial charge in [0.15, 0.2) is 0 Å². The first kappa shape index (κ1) is 14.8. The molecule has 0 saturated heterocycles. The van der Waals surface area contributed by atoms with Crippen molar-refractivity contribution in [1.29, 1.82) is 0 Å². The molecule has 1 aliphatic heterocycles. The molecule has 1 heterocycles. The van der Waals surface area contributed by atoms with E-state index >= 15 is 0 Å². The Kier molecular flexibility index (Phi) is 3.96. The molecule has 22 heavy (non-hydrogen) atoms. The van der Waals surface area contributed by atoms with Crippen LogP contribution in [0, 0.1) is 0 Å². The summed E-state index contributed by atoms with van der Waals surface area (Å²) in [5, 5.41) is 6.26. The summed E-state index contributed by atoms with van der Waals surface area (Å²) in [5.41, 5.74) is 9.74. The first-order valence-corrected chi connectivity index (χ1v) is 7.51. The molecule has 0 aromatic heterocycles. The number of nitrogens with one attached hydrogen (secondary N) is 2. The minimum Gasteiger partial charge on any atom is -0.350 e. The second-order valence-corrected chi connectivity index (χ2v) is 5.96. The first-order valence-electron chi connectivity index (χ1n) is 7.51. The van der Waals surface area contributed by atoms with Crippen LogP contribution >= 0.6 is 0 Å². The summed E-state index contributed by atoms with van der Waals surface area (Å²) < 4.78 is 0. The van der Waals surface area contributed by atoms with Gasteiger partial charge in [0.25, 0.3) is 0 Å². The number of rotatable bonds is 4. The summed E-state index contributed by atoms with van der Waals surface area (Å²) in [5.74, 6) is -0.169. The van der Waals surface area contributed by atoms with Gasteiger partial charge in [-0.05, 0) is 29.2 Å². The summed E-state index contributed by atoms with van der Waals surface area (Å²) in [6.45, 7) is 4.06. The third kappa shape index (κ3) is 2.89. The molecular weight excluding hydrogens is 274 g/mol. The maximum absolute atomic E-state index is 12.4. The van der Waals surface area contributed by atoms with E-state index in [2.05, 4.69) is 28.8 Å². The van der Waals surface area contributed by atoms with Crippen LogP contribution in [0.3, 0.4) is 0 Å². The van der Waals surface area contributed by atoms with Crippen LogP contribution in [0.15, 0.2) is 48.5 Å². The monoisotopic (exact) mass is 295 g/mol. The highest BCUT2D eigenvalue weighted by Gasteiger charge is 2.29. The molecule has 0 bridgehead atoms. The summed E-state index contributed by atoms with van der Waals surface area (Å²) >= 11 is 0. The van der Waals surface area contributed by atoms with E-state index < -0.39 is 5.54 Å². The van der Waals surface area contributed by atoms with Crippen LogP contribution in [0.4, 0.5) is 0 Å². The molecule has 2 aromatic carbocycles. The summed E-state index contributed by atoms with van der Waals surface area (Å²) in [6.07, 6.45) is 0. The van der Waals surface area contributed by atoms with Gasteiger partial charge in [0.05, 0.1) is 0 Å². The average molecular weight is 295 g/mol. The molecule has 1 unspecified atom stereocenters. The zero-order valence-electron chi connectivity index (χ0n) is 12.7. The number of fused-ring (bicyclic) bond motifs is 1. The van der Waals surface area contributed by atoms with Crippen LogP contribution in [-0.4, -0.2) is 5.91 Å². The molecule has 0 radical (unpaired) electrons. The molecule has 3 rings (SSSR count). The molecule has 2 aromatic rings. The average Bonchev–Trinajstić information content (AvgIpc) is 3.01. The normalized spacial score (nSPS) is 15.9. The van der Waals surface area contributed by atoms with Gasteiger partial charge in [-0.25, -0.2) is 0 Å². The van der Waals surface area contributed by atoms with Gasteiger partial charge in [0.2, 0.25) is 5.91 Å². The number of hydrogen-bond donors (Lipinski definition) is 3. The Labute approximate surface area is 130 Å².